The number of nitrogens with zero attached hydrogens (tertiary/aromatic N) is 1. The number of morpholine rings is 1. The van der Waals surface area contributed by atoms with Gasteiger partial charge in [-0.15, -0.1) is 0 Å². The summed E-state index contributed by atoms with van der Waals surface area (Å²) >= 11 is 0. The molecule has 20 heavy (non-hydrogen) atoms. The molecule has 0 aromatic rings. The predicted molar refractivity (Wildman–Crippen MR) is 79.4 cm³/mol. The highest BCUT2D eigenvalue weighted by atomic mass is 16.5. The van der Waals surface area contributed by atoms with Crippen molar-refractivity contribution in [3.05, 3.63) is 0 Å². The SMILES string of the molecule is CC1CN(CCCC(C)(NC2CC2)C(N)=O)C(C)CO1. The van der Waals surface area contributed by atoms with Crippen LogP contribution in [0.25, 0.3) is 0 Å². The number of rotatable bonds is 7. The smallest absolute Gasteiger partial charge is 0.237 e. The Bertz CT molecular complexity index is 346. The van der Waals surface area contributed by atoms with Crippen LogP contribution in [0.3, 0.4) is 0 Å². The highest BCUT2D eigenvalue weighted by Gasteiger charge is 2.36. The molecule has 116 valence electrons. The van der Waals surface area contributed by atoms with Crippen molar-refractivity contribution in [3.63, 3.8) is 0 Å². The van der Waals surface area contributed by atoms with Crippen LogP contribution < -0.4 is 11.1 Å². The lowest BCUT2D eigenvalue weighted by atomic mass is 9.94. The molecule has 3 N–H and O–H groups in total. The molecule has 1 aliphatic carbocycles. The number of primary amides is 1. The van der Waals surface area contributed by atoms with E-state index in [1.165, 1.54) is 12.8 Å². The van der Waals surface area contributed by atoms with Crippen molar-refractivity contribution in [1.29, 1.82) is 0 Å². The first kappa shape index (κ1) is 15.7. The molecule has 2 rings (SSSR count). The van der Waals surface area contributed by atoms with Crippen molar-refractivity contribution in [3.8, 4) is 0 Å². The van der Waals surface area contributed by atoms with Crippen LogP contribution in [0.2, 0.25) is 0 Å². The van der Waals surface area contributed by atoms with Crippen molar-refractivity contribution < 1.29 is 9.53 Å². The Kier molecular flexibility index (Phi) is 5.04. The van der Waals surface area contributed by atoms with Gasteiger partial charge in [-0.25, -0.2) is 0 Å². The van der Waals surface area contributed by atoms with E-state index in [1.807, 2.05) is 6.92 Å². The predicted octanol–water partition coefficient (Wildman–Crippen LogP) is 0.872. The lowest BCUT2D eigenvalue weighted by Gasteiger charge is -2.37. The van der Waals surface area contributed by atoms with Gasteiger partial charge in [0.25, 0.3) is 0 Å². The maximum atomic E-state index is 11.7. The van der Waals surface area contributed by atoms with Crippen LogP contribution in [-0.4, -0.2) is 54.2 Å². The molecule has 0 spiro atoms. The van der Waals surface area contributed by atoms with Gasteiger partial charge < -0.3 is 15.8 Å². The fourth-order valence-electron chi connectivity index (χ4n) is 2.86. The Hall–Kier alpha value is -0.650. The molecule has 1 saturated heterocycles. The van der Waals surface area contributed by atoms with E-state index in [9.17, 15) is 4.79 Å². The standard InChI is InChI=1S/C15H29N3O2/c1-11-10-20-12(2)9-18(11)8-4-7-15(3,14(16)19)17-13-5-6-13/h11-13,17H,4-10H2,1-3H3,(H2,16,19). The second kappa shape index (κ2) is 6.41. The van der Waals surface area contributed by atoms with Gasteiger partial charge in [0, 0.05) is 18.6 Å². The second-order valence-electron chi connectivity index (χ2n) is 6.71. The Morgan fingerprint density at radius 2 is 2.15 bits per heavy atom. The van der Waals surface area contributed by atoms with Crippen molar-refractivity contribution in [1.82, 2.24) is 10.2 Å². The number of hydrogen-bond donors (Lipinski definition) is 2. The van der Waals surface area contributed by atoms with E-state index in [0.29, 0.717) is 18.2 Å². The number of carbonyl (C=O) groups excluding carboxylic acids is 1. The third-order valence-electron chi connectivity index (χ3n) is 4.50. The molecule has 5 heteroatoms. The van der Waals surface area contributed by atoms with E-state index in [2.05, 4.69) is 24.1 Å². The molecule has 1 saturated carbocycles. The molecule has 1 heterocycles. The third-order valence-corrected chi connectivity index (χ3v) is 4.50. The van der Waals surface area contributed by atoms with Gasteiger partial charge in [0.15, 0.2) is 0 Å². The van der Waals surface area contributed by atoms with Crippen LogP contribution in [0.4, 0.5) is 0 Å². The minimum Gasteiger partial charge on any atom is -0.376 e. The Balaban J connectivity index is 1.78. The summed E-state index contributed by atoms with van der Waals surface area (Å²) in [6, 6.07) is 0.956. The van der Waals surface area contributed by atoms with E-state index < -0.39 is 5.54 Å². The minimum absolute atomic E-state index is 0.229. The van der Waals surface area contributed by atoms with Crippen LogP contribution in [-0.2, 0) is 9.53 Å². The van der Waals surface area contributed by atoms with E-state index in [4.69, 9.17) is 10.5 Å². The van der Waals surface area contributed by atoms with Gasteiger partial charge in [0.1, 0.15) is 0 Å². The van der Waals surface area contributed by atoms with Crippen molar-refractivity contribution >= 4 is 5.91 Å². The van der Waals surface area contributed by atoms with Crippen molar-refractivity contribution in [2.45, 2.75) is 70.2 Å². The summed E-state index contributed by atoms with van der Waals surface area (Å²) in [7, 11) is 0. The highest BCUT2D eigenvalue weighted by Crippen LogP contribution is 2.25. The van der Waals surface area contributed by atoms with Crippen LogP contribution in [0.15, 0.2) is 0 Å². The first-order valence-electron chi connectivity index (χ1n) is 7.84. The number of nitrogens with two attached hydrogens (primary N) is 1. The summed E-state index contributed by atoms with van der Waals surface area (Å²) in [5, 5.41) is 3.41. The summed E-state index contributed by atoms with van der Waals surface area (Å²) < 4.78 is 5.64. The Morgan fingerprint density at radius 1 is 1.45 bits per heavy atom. The minimum atomic E-state index is -0.553. The van der Waals surface area contributed by atoms with E-state index in [0.717, 1.165) is 32.5 Å². The molecule has 1 aliphatic heterocycles. The normalized spacial score (nSPS) is 30.9. The van der Waals surface area contributed by atoms with Gasteiger partial charge in [-0.3, -0.25) is 9.69 Å². The van der Waals surface area contributed by atoms with Gasteiger partial charge in [-0.1, -0.05) is 0 Å². The van der Waals surface area contributed by atoms with Crippen LogP contribution in [0, 0.1) is 0 Å². The molecule has 0 bridgehead atoms. The van der Waals surface area contributed by atoms with E-state index in [-0.39, 0.29) is 5.91 Å². The zero-order valence-corrected chi connectivity index (χ0v) is 13.0. The zero-order valence-electron chi connectivity index (χ0n) is 13.0. The molecule has 3 unspecified atom stereocenters. The molecule has 0 radical (unpaired) electrons. The first-order valence-corrected chi connectivity index (χ1v) is 7.84. The van der Waals surface area contributed by atoms with Gasteiger partial charge in [0.2, 0.25) is 5.91 Å². The van der Waals surface area contributed by atoms with E-state index in [1.54, 1.807) is 0 Å². The summed E-state index contributed by atoms with van der Waals surface area (Å²) in [6.07, 6.45) is 4.42. The maximum absolute atomic E-state index is 11.7. The van der Waals surface area contributed by atoms with E-state index >= 15 is 0 Å². The Morgan fingerprint density at radius 3 is 2.75 bits per heavy atom. The van der Waals surface area contributed by atoms with Crippen LogP contribution in [0.5, 0.6) is 0 Å². The number of ether oxygens (including phenoxy) is 1. The second-order valence-corrected chi connectivity index (χ2v) is 6.71. The molecule has 1 amide bonds. The fourth-order valence-corrected chi connectivity index (χ4v) is 2.86. The first-order chi connectivity index (χ1) is 9.40. The maximum Gasteiger partial charge on any atom is 0.237 e. The number of amides is 1. The lowest BCUT2D eigenvalue weighted by molar-refractivity contribution is -0.124. The van der Waals surface area contributed by atoms with Gasteiger partial charge in [0.05, 0.1) is 18.2 Å². The summed E-state index contributed by atoms with van der Waals surface area (Å²) in [5.74, 6) is -0.229. The largest absolute Gasteiger partial charge is 0.376 e. The summed E-state index contributed by atoms with van der Waals surface area (Å²) in [5.41, 5.74) is 5.03. The average molecular weight is 283 g/mol. The zero-order chi connectivity index (χ0) is 14.8. The Labute approximate surface area is 122 Å². The topological polar surface area (TPSA) is 67.6 Å². The summed E-state index contributed by atoms with van der Waals surface area (Å²) in [4.78, 5) is 14.2. The van der Waals surface area contributed by atoms with Gasteiger partial charge in [-0.2, -0.15) is 0 Å². The fraction of sp³-hybridized carbons (Fsp3) is 0.933. The lowest BCUT2D eigenvalue weighted by Crippen LogP contribution is -2.54. The number of carbonyl (C=O) groups is 1. The monoisotopic (exact) mass is 283 g/mol. The molecule has 0 aromatic carbocycles. The van der Waals surface area contributed by atoms with Crippen LogP contribution >= 0.6 is 0 Å². The number of hydrogen-bond acceptors (Lipinski definition) is 4. The quantitative estimate of drug-likeness (QED) is 0.727. The molecule has 0 aromatic heterocycles. The molecule has 2 fully saturated rings. The molecule has 3 atom stereocenters. The average Bonchev–Trinajstić information content (AvgIpc) is 3.17. The number of nitrogens with one attached hydrogen (secondary N) is 1. The highest BCUT2D eigenvalue weighted by molar-refractivity contribution is 5.84. The van der Waals surface area contributed by atoms with Crippen molar-refractivity contribution in [2.24, 2.45) is 5.73 Å². The molecule has 5 nitrogen and oxygen atoms in total. The van der Waals surface area contributed by atoms with Crippen molar-refractivity contribution in [2.75, 3.05) is 19.7 Å². The summed E-state index contributed by atoms with van der Waals surface area (Å²) in [6.45, 7) is 9.03. The van der Waals surface area contributed by atoms with Gasteiger partial charge in [-0.05, 0) is 53.0 Å². The molecular weight excluding hydrogens is 254 g/mol. The molecular formula is C15H29N3O2. The van der Waals surface area contributed by atoms with Gasteiger partial charge >= 0.3 is 0 Å². The molecule has 2 aliphatic rings. The third kappa shape index (κ3) is 4.17. The van der Waals surface area contributed by atoms with Crippen LogP contribution in [0.1, 0.15) is 46.5 Å².